The van der Waals surface area contributed by atoms with Gasteiger partial charge in [0.25, 0.3) is 0 Å². The predicted molar refractivity (Wildman–Crippen MR) is 88.8 cm³/mol. The quantitative estimate of drug-likeness (QED) is 0.631. The second-order valence-electron chi connectivity index (χ2n) is 5.93. The van der Waals surface area contributed by atoms with Crippen molar-refractivity contribution in [2.24, 2.45) is 0 Å². The van der Waals surface area contributed by atoms with Gasteiger partial charge in [0.1, 0.15) is 18.5 Å². The van der Waals surface area contributed by atoms with Crippen molar-refractivity contribution < 1.29 is 9.84 Å². The molecule has 0 radical (unpaired) electrons. The molecule has 0 bridgehead atoms. The van der Waals surface area contributed by atoms with Crippen molar-refractivity contribution in [1.82, 2.24) is 4.90 Å². The largest absolute Gasteiger partial charge is 0.491 e. The van der Waals surface area contributed by atoms with Gasteiger partial charge in [0.05, 0.1) is 0 Å². The summed E-state index contributed by atoms with van der Waals surface area (Å²) in [7, 11) is 0. The first kappa shape index (κ1) is 18.0. The lowest BCUT2D eigenvalue weighted by Gasteiger charge is -2.28. The smallest absolute Gasteiger partial charge is 0.119 e. The molecule has 0 aromatic heterocycles. The minimum absolute atomic E-state index is 0.349. The van der Waals surface area contributed by atoms with E-state index >= 15 is 0 Å². The lowest BCUT2D eigenvalue weighted by atomic mass is 10.1. The minimum Gasteiger partial charge on any atom is -0.491 e. The van der Waals surface area contributed by atoms with Crippen LogP contribution in [0.2, 0.25) is 0 Å². The van der Waals surface area contributed by atoms with E-state index in [2.05, 4.69) is 25.7 Å². The Morgan fingerprint density at radius 3 is 2.43 bits per heavy atom. The zero-order chi connectivity index (χ0) is 15.5. The summed E-state index contributed by atoms with van der Waals surface area (Å²) in [5.41, 5.74) is 0. The van der Waals surface area contributed by atoms with E-state index in [0.29, 0.717) is 19.2 Å². The molecule has 0 spiro atoms. The lowest BCUT2D eigenvalue weighted by Crippen LogP contribution is -2.40. The Morgan fingerprint density at radius 1 is 1.10 bits per heavy atom. The van der Waals surface area contributed by atoms with Gasteiger partial charge in [-0.25, -0.2) is 0 Å². The first-order valence-corrected chi connectivity index (χ1v) is 8.23. The average molecular weight is 293 g/mol. The molecule has 120 valence electrons. The van der Waals surface area contributed by atoms with Crippen LogP contribution in [-0.4, -0.2) is 41.8 Å². The van der Waals surface area contributed by atoms with E-state index in [-0.39, 0.29) is 0 Å². The molecule has 1 aromatic carbocycles. The van der Waals surface area contributed by atoms with Crippen molar-refractivity contribution in [3.8, 4) is 5.75 Å². The Kier molecular flexibility index (Phi) is 9.11. The molecule has 0 heterocycles. The van der Waals surface area contributed by atoms with E-state index in [4.69, 9.17) is 4.74 Å². The first-order valence-electron chi connectivity index (χ1n) is 8.23. The van der Waals surface area contributed by atoms with Crippen LogP contribution in [-0.2, 0) is 0 Å². The van der Waals surface area contributed by atoms with Crippen molar-refractivity contribution in [2.45, 2.75) is 58.6 Å². The summed E-state index contributed by atoms with van der Waals surface area (Å²) < 4.78 is 5.61. The second kappa shape index (κ2) is 10.6. The van der Waals surface area contributed by atoms with Gasteiger partial charge < -0.3 is 9.84 Å². The van der Waals surface area contributed by atoms with Crippen LogP contribution in [0.15, 0.2) is 30.3 Å². The fourth-order valence-electron chi connectivity index (χ4n) is 2.33. The average Bonchev–Trinajstić information content (AvgIpc) is 2.49. The number of unbranched alkanes of at least 4 members (excludes halogenated alkanes) is 3. The van der Waals surface area contributed by atoms with E-state index in [0.717, 1.165) is 12.3 Å². The first-order chi connectivity index (χ1) is 10.1. The van der Waals surface area contributed by atoms with E-state index in [9.17, 15) is 5.11 Å². The normalized spacial score (nSPS) is 12.9. The molecule has 0 aliphatic carbocycles. The summed E-state index contributed by atoms with van der Waals surface area (Å²) in [5, 5.41) is 10.2. The number of aliphatic hydroxyl groups is 1. The SMILES string of the molecule is CCCCCCN(CC(O)COc1ccccc1)C(C)C. The Hall–Kier alpha value is -1.06. The van der Waals surface area contributed by atoms with Gasteiger partial charge in [0, 0.05) is 12.6 Å². The Morgan fingerprint density at radius 2 is 1.81 bits per heavy atom. The third-order valence-corrected chi connectivity index (χ3v) is 3.66. The molecule has 0 aliphatic rings. The lowest BCUT2D eigenvalue weighted by molar-refractivity contribution is 0.0567. The number of rotatable bonds is 11. The topological polar surface area (TPSA) is 32.7 Å². The second-order valence-corrected chi connectivity index (χ2v) is 5.93. The van der Waals surface area contributed by atoms with Gasteiger partial charge in [-0.2, -0.15) is 0 Å². The number of aliphatic hydroxyl groups excluding tert-OH is 1. The molecular weight excluding hydrogens is 262 g/mol. The van der Waals surface area contributed by atoms with Crippen molar-refractivity contribution in [3.63, 3.8) is 0 Å². The molecule has 0 amide bonds. The van der Waals surface area contributed by atoms with Gasteiger partial charge in [0.15, 0.2) is 0 Å². The molecule has 3 heteroatoms. The number of hydrogen-bond acceptors (Lipinski definition) is 3. The van der Waals surface area contributed by atoms with Gasteiger partial charge >= 0.3 is 0 Å². The Bertz CT molecular complexity index is 353. The molecular formula is C18H31NO2. The van der Waals surface area contributed by atoms with Crippen LogP contribution >= 0.6 is 0 Å². The van der Waals surface area contributed by atoms with Crippen molar-refractivity contribution >= 4 is 0 Å². The highest BCUT2D eigenvalue weighted by atomic mass is 16.5. The summed E-state index contributed by atoms with van der Waals surface area (Å²) in [4.78, 5) is 2.34. The van der Waals surface area contributed by atoms with Gasteiger partial charge in [-0.3, -0.25) is 4.90 Å². The van der Waals surface area contributed by atoms with E-state index in [1.165, 1.54) is 25.7 Å². The van der Waals surface area contributed by atoms with Gasteiger partial charge in [-0.05, 0) is 38.9 Å². The van der Waals surface area contributed by atoms with Gasteiger partial charge in [0.2, 0.25) is 0 Å². The highest BCUT2D eigenvalue weighted by Crippen LogP contribution is 2.10. The van der Waals surface area contributed by atoms with E-state index < -0.39 is 6.10 Å². The molecule has 1 unspecified atom stereocenters. The molecule has 1 aromatic rings. The van der Waals surface area contributed by atoms with Crippen LogP contribution in [0.1, 0.15) is 46.5 Å². The van der Waals surface area contributed by atoms with Gasteiger partial charge in [-0.15, -0.1) is 0 Å². The Labute approximate surface area is 129 Å². The predicted octanol–water partition coefficient (Wildman–Crippen LogP) is 3.72. The molecule has 0 saturated carbocycles. The van der Waals surface area contributed by atoms with E-state index in [1.807, 2.05) is 30.3 Å². The van der Waals surface area contributed by atoms with Crippen molar-refractivity contribution in [1.29, 1.82) is 0 Å². The summed E-state index contributed by atoms with van der Waals surface area (Å²) in [6, 6.07) is 10.1. The minimum atomic E-state index is -0.446. The Balaban J connectivity index is 2.29. The van der Waals surface area contributed by atoms with Crippen LogP contribution in [0.3, 0.4) is 0 Å². The highest BCUT2D eigenvalue weighted by Gasteiger charge is 2.15. The highest BCUT2D eigenvalue weighted by molar-refractivity contribution is 5.20. The van der Waals surface area contributed by atoms with E-state index in [1.54, 1.807) is 0 Å². The van der Waals surface area contributed by atoms with Crippen LogP contribution in [0, 0.1) is 0 Å². The monoisotopic (exact) mass is 293 g/mol. The number of nitrogens with zero attached hydrogens (tertiary/aromatic N) is 1. The number of ether oxygens (including phenoxy) is 1. The summed E-state index contributed by atoms with van der Waals surface area (Å²) >= 11 is 0. The standard InChI is InChI=1S/C18H31NO2/c1-4-5-6-10-13-19(16(2)3)14-17(20)15-21-18-11-8-7-9-12-18/h7-9,11-12,16-17,20H,4-6,10,13-15H2,1-3H3. The third-order valence-electron chi connectivity index (χ3n) is 3.66. The van der Waals surface area contributed by atoms with Crippen molar-refractivity contribution in [3.05, 3.63) is 30.3 Å². The van der Waals surface area contributed by atoms with Gasteiger partial charge in [-0.1, -0.05) is 44.4 Å². The van der Waals surface area contributed by atoms with Crippen LogP contribution in [0.25, 0.3) is 0 Å². The summed E-state index contributed by atoms with van der Waals surface area (Å²) in [5.74, 6) is 0.815. The van der Waals surface area contributed by atoms with Crippen LogP contribution in [0.5, 0.6) is 5.75 Å². The molecule has 1 N–H and O–H groups in total. The molecule has 0 fully saturated rings. The molecule has 3 nitrogen and oxygen atoms in total. The maximum atomic E-state index is 10.2. The van der Waals surface area contributed by atoms with Crippen LogP contribution < -0.4 is 4.74 Å². The zero-order valence-corrected chi connectivity index (χ0v) is 13.8. The number of para-hydroxylation sites is 1. The number of benzene rings is 1. The van der Waals surface area contributed by atoms with Crippen molar-refractivity contribution in [2.75, 3.05) is 19.7 Å². The molecule has 1 rings (SSSR count). The summed E-state index contributed by atoms with van der Waals surface area (Å²) in [6.07, 6.45) is 4.59. The maximum absolute atomic E-state index is 10.2. The molecule has 21 heavy (non-hydrogen) atoms. The zero-order valence-electron chi connectivity index (χ0n) is 13.8. The fraction of sp³-hybridized carbons (Fsp3) is 0.667. The fourth-order valence-corrected chi connectivity index (χ4v) is 2.33. The number of hydrogen-bond donors (Lipinski definition) is 1. The summed E-state index contributed by atoms with van der Waals surface area (Å²) in [6.45, 7) is 8.68. The molecule has 1 atom stereocenters. The maximum Gasteiger partial charge on any atom is 0.119 e. The molecule has 0 saturated heterocycles. The third kappa shape index (κ3) is 8.08. The molecule has 0 aliphatic heterocycles. The van der Waals surface area contributed by atoms with Crippen LogP contribution in [0.4, 0.5) is 0 Å².